The summed E-state index contributed by atoms with van der Waals surface area (Å²) in [4.78, 5) is 22.9. The highest BCUT2D eigenvalue weighted by Gasteiger charge is 2.22. The minimum atomic E-state index is -0.549. The number of rotatable bonds is 10. The van der Waals surface area contributed by atoms with Gasteiger partial charge < -0.3 is 14.2 Å². The van der Waals surface area contributed by atoms with E-state index in [9.17, 15) is 14.9 Å². The van der Waals surface area contributed by atoms with E-state index in [2.05, 4.69) is 10.5 Å². The number of benzene rings is 2. The fraction of sp³-hybridized carbons (Fsp3) is 0.300. The minimum Gasteiger partial charge on any atom is -0.497 e. The Morgan fingerprint density at radius 2 is 1.86 bits per heavy atom. The lowest BCUT2D eigenvalue weighted by Gasteiger charge is -2.11. The molecule has 0 aromatic heterocycles. The van der Waals surface area contributed by atoms with E-state index in [0.717, 1.165) is 5.56 Å². The molecule has 0 radical (unpaired) electrons. The molecule has 9 heteroatoms. The van der Waals surface area contributed by atoms with Gasteiger partial charge in [-0.15, -0.1) is 0 Å². The number of hydrogen-bond donors (Lipinski definition) is 1. The van der Waals surface area contributed by atoms with Crippen molar-refractivity contribution in [3.8, 4) is 17.2 Å². The molecular formula is C20H23N3O6. The molecule has 0 spiro atoms. The molecule has 2 rings (SSSR count). The number of carbonyl (C=O) groups excluding carboxylic acids is 1. The van der Waals surface area contributed by atoms with Crippen molar-refractivity contribution >= 4 is 17.8 Å². The highest BCUT2D eigenvalue weighted by molar-refractivity contribution is 5.85. The number of carbonyl (C=O) groups is 1. The lowest BCUT2D eigenvalue weighted by atomic mass is 10.1. The maximum atomic E-state index is 12.0. The van der Waals surface area contributed by atoms with Gasteiger partial charge in [-0.05, 0) is 37.6 Å². The van der Waals surface area contributed by atoms with Crippen LogP contribution in [-0.2, 0) is 11.2 Å². The zero-order chi connectivity index (χ0) is 21.2. The van der Waals surface area contributed by atoms with Gasteiger partial charge in [0.25, 0.3) is 0 Å². The highest BCUT2D eigenvalue weighted by atomic mass is 16.6. The first-order valence-electron chi connectivity index (χ1n) is 9.01. The van der Waals surface area contributed by atoms with Crippen LogP contribution in [0.15, 0.2) is 41.5 Å². The standard InChI is InChI=1S/C20H23N3O6/c1-4-28-18-11-15(10-17(23(25)26)20(18)29-5-2)13-21-22-19(24)12-14-6-8-16(27-3)9-7-14/h6-11,13H,4-5,12H2,1-3H3,(H,22,24)/b21-13-. The number of methoxy groups -OCH3 is 1. The summed E-state index contributed by atoms with van der Waals surface area (Å²) in [6.07, 6.45) is 1.45. The van der Waals surface area contributed by atoms with E-state index in [4.69, 9.17) is 14.2 Å². The Morgan fingerprint density at radius 3 is 2.45 bits per heavy atom. The normalized spacial score (nSPS) is 10.6. The van der Waals surface area contributed by atoms with Gasteiger partial charge in [-0.1, -0.05) is 12.1 Å². The number of nitro benzene ring substituents is 1. The lowest BCUT2D eigenvalue weighted by molar-refractivity contribution is -0.385. The van der Waals surface area contributed by atoms with E-state index in [0.29, 0.717) is 17.9 Å². The van der Waals surface area contributed by atoms with Gasteiger partial charge in [0, 0.05) is 11.6 Å². The number of hydrazone groups is 1. The number of amides is 1. The Hall–Kier alpha value is -3.62. The molecule has 0 aliphatic carbocycles. The van der Waals surface area contributed by atoms with Crippen molar-refractivity contribution in [1.82, 2.24) is 5.43 Å². The van der Waals surface area contributed by atoms with Crippen molar-refractivity contribution in [2.45, 2.75) is 20.3 Å². The molecule has 2 aromatic carbocycles. The van der Waals surface area contributed by atoms with Crippen molar-refractivity contribution in [2.24, 2.45) is 5.10 Å². The average molecular weight is 401 g/mol. The largest absolute Gasteiger partial charge is 0.497 e. The van der Waals surface area contributed by atoms with Crippen LogP contribution in [0.2, 0.25) is 0 Å². The summed E-state index contributed by atoms with van der Waals surface area (Å²) in [5.74, 6) is 0.695. The Balaban J connectivity index is 2.11. The van der Waals surface area contributed by atoms with E-state index >= 15 is 0 Å². The highest BCUT2D eigenvalue weighted by Crippen LogP contribution is 2.38. The van der Waals surface area contributed by atoms with Crippen LogP contribution in [0.25, 0.3) is 0 Å². The van der Waals surface area contributed by atoms with Crippen LogP contribution in [0.3, 0.4) is 0 Å². The van der Waals surface area contributed by atoms with Gasteiger partial charge in [-0.3, -0.25) is 14.9 Å². The monoisotopic (exact) mass is 401 g/mol. The van der Waals surface area contributed by atoms with E-state index in [1.54, 1.807) is 51.3 Å². The van der Waals surface area contributed by atoms with Crippen molar-refractivity contribution < 1.29 is 23.9 Å². The Morgan fingerprint density at radius 1 is 1.17 bits per heavy atom. The van der Waals surface area contributed by atoms with Gasteiger partial charge in [0.15, 0.2) is 5.75 Å². The van der Waals surface area contributed by atoms with E-state index < -0.39 is 4.92 Å². The molecule has 0 aliphatic heterocycles. The fourth-order valence-corrected chi connectivity index (χ4v) is 2.52. The second kappa shape index (κ2) is 10.6. The fourth-order valence-electron chi connectivity index (χ4n) is 2.52. The van der Waals surface area contributed by atoms with Gasteiger partial charge in [-0.2, -0.15) is 5.10 Å². The topological polar surface area (TPSA) is 112 Å². The summed E-state index contributed by atoms with van der Waals surface area (Å²) in [5, 5.41) is 15.3. The molecule has 0 atom stereocenters. The first-order valence-corrected chi connectivity index (χ1v) is 9.01. The molecule has 1 amide bonds. The number of nitrogens with one attached hydrogen (secondary N) is 1. The van der Waals surface area contributed by atoms with Crippen molar-refractivity contribution in [3.63, 3.8) is 0 Å². The summed E-state index contributed by atoms with van der Waals surface area (Å²) < 4.78 is 15.9. The molecule has 0 fully saturated rings. The van der Waals surface area contributed by atoms with Gasteiger partial charge in [0.1, 0.15) is 5.75 Å². The summed E-state index contributed by atoms with van der Waals surface area (Å²) in [6.45, 7) is 4.07. The second-order valence-corrected chi connectivity index (χ2v) is 5.81. The summed E-state index contributed by atoms with van der Waals surface area (Å²) in [5.41, 5.74) is 3.37. The van der Waals surface area contributed by atoms with Gasteiger partial charge >= 0.3 is 5.69 Å². The molecular weight excluding hydrogens is 378 g/mol. The number of nitro groups is 1. The third-order valence-corrected chi connectivity index (χ3v) is 3.77. The Kier molecular flexibility index (Phi) is 7.96. The predicted octanol–water partition coefficient (Wildman–Crippen LogP) is 3.09. The van der Waals surface area contributed by atoms with E-state index in [1.807, 2.05) is 0 Å². The lowest BCUT2D eigenvalue weighted by Crippen LogP contribution is -2.19. The van der Waals surface area contributed by atoms with Crippen molar-refractivity contribution in [1.29, 1.82) is 0 Å². The zero-order valence-corrected chi connectivity index (χ0v) is 16.5. The van der Waals surface area contributed by atoms with Crippen LogP contribution in [-0.4, -0.2) is 37.4 Å². The third kappa shape index (κ3) is 6.20. The summed E-state index contributed by atoms with van der Waals surface area (Å²) in [7, 11) is 1.57. The molecule has 0 heterocycles. The molecule has 0 aliphatic rings. The van der Waals surface area contributed by atoms with E-state index in [1.165, 1.54) is 12.3 Å². The van der Waals surface area contributed by atoms with Gasteiger partial charge in [0.2, 0.25) is 11.7 Å². The van der Waals surface area contributed by atoms with Crippen LogP contribution in [0.5, 0.6) is 17.2 Å². The zero-order valence-electron chi connectivity index (χ0n) is 16.5. The van der Waals surface area contributed by atoms with E-state index in [-0.39, 0.29) is 36.1 Å². The summed E-state index contributed by atoms with van der Waals surface area (Å²) in [6, 6.07) is 9.98. The third-order valence-electron chi connectivity index (χ3n) is 3.77. The SMILES string of the molecule is CCOc1cc(/C=N\NC(=O)Cc2ccc(OC)cc2)cc([N+](=O)[O-])c1OCC. The first kappa shape index (κ1) is 21.7. The number of hydrogen-bond acceptors (Lipinski definition) is 7. The van der Waals surface area contributed by atoms with Crippen LogP contribution in [0, 0.1) is 10.1 Å². The molecule has 29 heavy (non-hydrogen) atoms. The maximum Gasteiger partial charge on any atom is 0.315 e. The first-order chi connectivity index (χ1) is 14.0. The average Bonchev–Trinajstić information content (AvgIpc) is 2.70. The van der Waals surface area contributed by atoms with Crippen LogP contribution in [0.1, 0.15) is 25.0 Å². The maximum absolute atomic E-state index is 12.0. The molecule has 2 aromatic rings. The molecule has 0 unspecified atom stereocenters. The molecule has 0 bridgehead atoms. The second-order valence-electron chi connectivity index (χ2n) is 5.81. The number of ether oxygens (including phenoxy) is 3. The van der Waals surface area contributed by atoms with Crippen molar-refractivity contribution in [3.05, 3.63) is 57.6 Å². The van der Waals surface area contributed by atoms with Gasteiger partial charge in [-0.25, -0.2) is 5.43 Å². The Labute approximate surface area is 168 Å². The molecule has 1 N–H and O–H groups in total. The van der Waals surface area contributed by atoms with Crippen LogP contribution in [0.4, 0.5) is 5.69 Å². The molecule has 0 saturated carbocycles. The van der Waals surface area contributed by atoms with Crippen LogP contribution >= 0.6 is 0 Å². The van der Waals surface area contributed by atoms with Crippen LogP contribution < -0.4 is 19.6 Å². The molecule has 154 valence electrons. The smallest absolute Gasteiger partial charge is 0.315 e. The minimum absolute atomic E-state index is 0.0695. The molecule has 0 saturated heterocycles. The predicted molar refractivity (Wildman–Crippen MR) is 108 cm³/mol. The Bertz CT molecular complexity index is 881. The quantitative estimate of drug-likeness (QED) is 0.372. The molecule has 9 nitrogen and oxygen atoms in total. The van der Waals surface area contributed by atoms with Crippen molar-refractivity contribution in [2.75, 3.05) is 20.3 Å². The number of nitrogens with zero attached hydrogens (tertiary/aromatic N) is 2. The van der Waals surface area contributed by atoms with Gasteiger partial charge in [0.05, 0.1) is 37.9 Å². The summed E-state index contributed by atoms with van der Waals surface area (Å²) >= 11 is 0.